The van der Waals surface area contributed by atoms with Crippen molar-refractivity contribution in [2.75, 3.05) is 0 Å². The van der Waals surface area contributed by atoms with Crippen LogP contribution in [0.25, 0.3) is 0 Å². The maximum absolute atomic E-state index is 12.0. The van der Waals surface area contributed by atoms with Crippen LogP contribution in [0.1, 0.15) is 18.1 Å². The highest BCUT2D eigenvalue weighted by Gasteiger charge is 2.31. The molecule has 0 saturated carbocycles. The number of hydrogen-bond acceptors (Lipinski definition) is 1. The van der Waals surface area contributed by atoms with Gasteiger partial charge in [0.15, 0.2) is 0 Å². The fourth-order valence-corrected chi connectivity index (χ4v) is 0.778. The highest BCUT2D eigenvalue weighted by Crippen LogP contribution is 2.28. The molecule has 0 aliphatic carbocycles. The van der Waals surface area contributed by atoms with Gasteiger partial charge in [-0.3, -0.25) is 4.98 Å². The molecule has 0 unspecified atom stereocenters. The standard InChI is InChI=1S/C8H7F3N/c1-2-6-3-7(5-12-4-6)8(9,10)11/h3-4H,2H2,1H3. The highest BCUT2D eigenvalue weighted by molar-refractivity contribution is 5.19. The summed E-state index contributed by atoms with van der Waals surface area (Å²) in [6.45, 7) is 1.77. The molecule has 0 amide bonds. The van der Waals surface area contributed by atoms with E-state index in [-0.39, 0.29) is 0 Å². The second kappa shape index (κ2) is 3.13. The third kappa shape index (κ3) is 1.96. The first-order valence-electron chi connectivity index (χ1n) is 3.48. The molecule has 0 fully saturated rings. The first-order valence-corrected chi connectivity index (χ1v) is 3.48. The van der Waals surface area contributed by atoms with E-state index in [0.717, 1.165) is 6.07 Å². The predicted octanol–water partition coefficient (Wildman–Crippen LogP) is 2.46. The van der Waals surface area contributed by atoms with E-state index in [9.17, 15) is 13.2 Å². The summed E-state index contributed by atoms with van der Waals surface area (Å²) in [6, 6.07) is 1.06. The van der Waals surface area contributed by atoms with Crippen LogP contribution in [0.4, 0.5) is 13.2 Å². The Morgan fingerprint density at radius 2 is 2.17 bits per heavy atom. The Balaban J connectivity index is 3.02. The Hall–Kier alpha value is -1.06. The SMILES string of the molecule is CCc1cn[c]c(C(F)(F)F)c1. The average molecular weight is 174 g/mol. The molecule has 1 rings (SSSR count). The zero-order valence-electron chi connectivity index (χ0n) is 6.44. The summed E-state index contributed by atoms with van der Waals surface area (Å²) in [6.07, 6.45) is -0.497. The molecule has 1 radical (unpaired) electrons. The van der Waals surface area contributed by atoms with Gasteiger partial charge in [0, 0.05) is 6.20 Å². The normalized spacial score (nSPS) is 11.7. The molecule has 1 aromatic heterocycles. The van der Waals surface area contributed by atoms with Gasteiger partial charge in [0.2, 0.25) is 0 Å². The van der Waals surface area contributed by atoms with E-state index in [0.29, 0.717) is 12.0 Å². The van der Waals surface area contributed by atoms with E-state index in [1.165, 1.54) is 6.20 Å². The van der Waals surface area contributed by atoms with Crippen molar-refractivity contribution in [3.8, 4) is 0 Å². The van der Waals surface area contributed by atoms with Crippen LogP contribution in [-0.4, -0.2) is 4.98 Å². The van der Waals surface area contributed by atoms with Crippen LogP contribution < -0.4 is 0 Å². The maximum atomic E-state index is 12.0. The topological polar surface area (TPSA) is 12.9 Å². The van der Waals surface area contributed by atoms with E-state index in [4.69, 9.17) is 0 Å². The van der Waals surface area contributed by atoms with Gasteiger partial charge in [-0.15, -0.1) is 0 Å². The molecule has 1 heterocycles. The van der Waals surface area contributed by atoms with Gasteiger partial charge in [0.1, 0.15) is 6.20 Å². The molecular formula is C8H7F3N. The van der Waals surface area contributed by atoms with E-state index in [1.54, 1.807) is 6.92 Å². The number of pyridine rings is 1. The van der Waals surface area contributed by atoms with Gasteiger partial charge >= 0.3 is 6.18 Å². The number of hydrogen-bond donors (Lipinski definition) is 0. The van der Waals surface area contributed by atoms with E-state index >= 15 is 0 Å². The van der Waals surface area contributed by atoms with Gasteiger partial charge in [-0.25, -0.2) is 0 Å². The molecule has 1 aromatic rings. The molecule has 4 heteroatoms. The minimum Gasteiger partial charge on any atom is -0.254 e. The first kappa shape index (κ1) is 9.03. The summed E-state index contributed by atoms with van der Waals surface area (Å²) < 4.78 is 36.1. The van der Waals surface area contributed by atoms with Crippen LogP contribution in [0.2, 0.25) is 0 Å². The van der Waals surface area contributed by atoms with Crippen molar-refractivity contribution < 1.29 is 13.2 Å². The third-order valence-electron chi connectivity index (χ3n) is 1.46. The highest BCUT2D eigenvalue weighted by atomic mass is 19.4. The number of aromatic nitrogens is 1. The quantitative estimate of drug-likeness (QED) is 0.637. The third-order valence-corrected chi connectivity index (χ3v) is 1.46. The van der Waals surface area contributed by atoms with Crippen molar-refractivity contribution in [2.24, 2.45) is 0 Å². The predicted molar refractivity (Wildman–Crippen MR) is 37.5 cm³/mol. The molecule has 0 aliphatic heterocycles. The van der Waals surface area contributed by atoms with Gasteiger partial charge in [0.25, 0.3) is 0 Å². The molecule has 12 heavy (non-hydrogen) atoms. The molecule has 0 saturated heterocycles. The van der Waals surface area contributed by atoms with E-state index < -0.39 is 11.7 Å². The van der Waals surface area contributed by atoms with Gasteiger partial charge in [0.05, 0.1) is 5.56 Å². The molecular weight excluding hydrogens is 167 g/mol. The Labute approximate surface area is 68.2 Å². The molecule has 0 N–H and O–H groups in total. The van der Waals surface area contributed by atoms with Crippen LogP contribution in [0.3, 0.4) is 0 Å². The zero-order chi connectivity index (χ0) is 9.19. The van der Waals surface area contributed by atoms with Crippen LogP contribution in [0, 0.1) is 6.20 Å². The minimum atomic E-state index is -4.34. The minimum absolute atomic E-state index is 0.546. The number of aryl methyl sites for hydroxylation is 1. The summed E-state index contributed by atoms with van der Waals surface area (Å²) in [5.74, 6) is 0. The number of nitrogens with zero attached hydrogens (tertiary/aromatic N) is 1. The monoisotopic (exact) mass is 174 g/mol. The average Bonchev–Trinajstić information content (AvgIpc) is 2.03. The molecule has 1 nitrogen and oxygen atoms in total. The molecule has 65 valence electrons. The second-order valence-electron chi connectivity index (χ2n) is 2.35. The van der Waals surface area contributed by atoms with Gasteiger partial charge in [-0.05, 0) is 18.1 Å². The lowest BCUT2D eigenvalue weighted by atomic mass is 10.1. The molecule has 0 bridgehead atoms. The Kier molecular flexibility index (Phi) is 2.35. The van der Waals surface area contributed by atoms with Crippen molar-refractivity contribution in [1.82, 2.24) is 4.98 Å². The lowest BCUT2D eigenvalue weighted by Crippen LogP contribution is -2.06. The molecule has 0 spiro atoms. The maximum Gasteiger partial charge on any atom is 0.418 e. The van der Waals surface area contributed by atoms with Gasteiger partial charge in [-0.2, -0.15) is 13.2 Å². The van der Waals surface area contributed by atoms with E-state index in [2.05, 4.69) is 4.98 Å². The Morgan fingerprint density at radius 3 is 2.67 bits per heavy atom. The van der Waals surface area contributed by atoms with Gasteiger partial charge < -0.3 is 0 Å². The van der Waals surface area contributed by atoms with Gasteiger partial charge in [-0.1, -0.05) is 6.92 Å². The van der Waals surface area contributed by atoms with Crippen molar-refractivity contribution >= 4 is 0 Å². The zero-order valence-corrected chi connectivity index (χ0v) is 6.44. The smallest absolute Gasteiger partial charge is 0.254 e. The summed E-state index contributed by atoms with van der Waals surface area (Å²) >= 11 is 0. The Bertz CT molecular complexity index is 267. The summed E-state index contributed by atoms with van der Waals surface area (Å²) in [5.41, 5.74) is -0.233. The lowest BCUT2D eigenvalue weighted by molar-refractivity contribution is -0.138. The first-order chi connectivity index (χ1) is 5.54. The molecule has 0 aliphatic rings. The molecule has 0 aromatic carbocycles. The van der Waals surface area contributed by atoms with Crippen LogP contribution in [-0.2, 0) is 12.6 Å². The summed E-state index contributed by atoms with van der Waals surface area (Å²) in [7, 11) is 0. The van der Waals surface area contributed by atoms with Crippen molar-refractivity contribution in [2.45, 2.75) is 19.5 Å². The van der Waals surface area contributed by atoms with Crippen molar-refractivity contribution in [1.29, 1.82) is 0 Å². The summed E-state index contributed by atoms with van der Waals surface area (Å²) in [4.78, 5) is 3.38. The number of halogens is 3. The van der Waals surface area contributed by atoms with E-state index in [1.807, 2.05) is 6.20 Å². The largest absolute Gasteiger partial charge is 0.418 e. The fourth-order valence-electron chi connectivity index (χ4n) is 0.778. The van der Waals surface area contributed by atoms with Crippen LogP contribution in [0.15, 0.2) is 12.3 Å². The number of alkyl halides is 3. The molecule has 0 atom stereocenters. The van der Waals surface area contributed by atoms with Crippen molar-refractivity contribution in [3.05, 3.63) is 29.6 Å². The summed E-state index contributed by atoms with van der Waals surface area (Å²) in [5, 5.41) is 0. The second-order valence-corrected chi connectivity index (χ2v) is 2.35. The number of rotatable bonds is 1. The fraction of sp³-hybridized carbons (Fsp3) is 0.375. The van der Waals surface area contributed by atoms with Crippen LogP contribution in [0.5, 0.6) is 0 Å². The van der Waals surface area contributed by atoms with Crippen molar-refractivity contribution in [3.63, 3.8) is 0 Å². The Morgan fingerprint density at radius 1 is 1.50 bits per heavy atom. The lowest BCUT2D eigenvalue weighted by Gasteiger charge is -2.05. The van der Waals surface area contributed by atoms with Crippen LogP contribution >= 0.6 is 0 Å².